The molecule has 2 aliphatic rings. The third-order valence-corrected chi connectivity index (χ3v) is 6.99. The van der Waals surface area contributed by atoms with E-state index in [2.05, 4.69) is 18.7 Å². The van der Waals surface area contributed by atoms with Gasteiger partial charge in [-0.2, -0.15) is 0 Å². The van der Waals surface area contributed by atoms with E-state index in [1.54, 1.807) is 11.0 Å². The molecule has 1 saturated heterocycles. The minimum atomic E-state index is -0.648. The van der Waals surface area contributed by atoms with Gasteiger partial charge in [-0.1, -0.05) is 26.0 Å². The van der Waals surface area contributed by atoms with E-state index in [0.717, 1.165) is 42.1 Å². The number of anilines is 1. The minimum absolute atomic E-state index is 0.0725. The number of aliphatic hydroxyl groups excluding tert-OH is 1. The number of hydrogen-bond acceptors (Lipinski definition) is 6. The molecule has 0 unspecified atom stereocenters. The zero-order valence-electron chi connectivity index (χ0n) is 21.2. The van der Waals surface area contributed by atoms with E-state index >= 15 is 0 Å². The largest absolute Gasteiger partial charge is 0.507 e. The average molecular weight is 478 g/mol. The van der Waals surface area contributed by atoms with E-state index in [-0.39, 0.29) is 17.4 Å². The standard InChI is InChI=1S/C28H35N3O4/c1-6-30(7-2)14-15-31-25(19-8-11-22(12-9-19)29(4)5)24(27(33)28(31)34)26(32)20-10-13-23-21(17-20)16-18(3)35-23/h8-13,17-18,25,32H,6-7,14-16H2,1-5H3/t18-,25+/m1/s1. The van der Waals surface area contributed by atoms with Gasteiger partial charge in [0.2, 0.25) is 0 Å². The van der Waals surface area contributed by atoms with Gasteiger partial charge in [0.15, 0.2) is 0 Å². The second-order valence-electron chi connectivity index (χ2n) is 9.46. The van der Waals surface area contributed by atoms with Gasteiger partial charge in [-0.3, -0.25) is 9.59 Å². The van der Waals surface area contributed by atoms with Crippen molar-refractivity contribution in [3.63, 3.8) is 0 Å². The summed E-state index contributed by atoms with van der Waals surface area (Å²) < 4.78 is 5.78. The molecular formula is C28H35N3O4. The van der Waals surface area contributed by atoms with Crippen molar-refractivity contribution in [2.75, 3.05) is 45.2 Å². The summed E-state index contributed by atoms with van der Waals surface area (Å²) in [5.41, 5.74) is 3.47. The summed E-state index contributed by atoms with van der Waals surface area (Å²) >= 11 is 0. The Morgan fingerprint density at radius 3 is 2.40 bits per heavy atom. The van der Waals surface area contributed by atoms with Crippen molar-refractivity contribution in [3.8, 4) is 5.75 Å². The van der Waals surface area contributed by atoms with E-state index in [4.69, 9.17) is 4.74 Å². The molecule has 7 heteroatoms. The Bertz CT molecular complexity index is 1140. The SMILES string of the molecule is CCN(CC)CCN1C(=O)C(=O)C(=C(O)c2ccc3c(c2)C[C@@H](C)O3)[C@@H]1c1ccc(N(C)C)cc1. The van der Waals surface area contributed by atoms with Crippen LogP contribution in [0.1, 0.15) is 43.5 Å². The molecular weight excluding hydrogens is 442 g/mol. The number of aliphatic hydroxyl groups is 1. The molecule has 2 aromatic carbocycles. The van der Waals surface area contributed by atoms with Crippen LogP contribution in [-0.4, -0.2) is 73.0 Å². The average Bonchev–Trinajstić information content (AvgIpc) is 3.35. The van der Waals surface area contributed by atoms with Crippen LogP contribution >= 0.6 is 0 Å². The van der Waals surface area contributed by atoms with Crippen LogP contribution in [-0.2, 0) is 16.0 Å². The number of ether oxygens (including phenoxy) is 1. The molecule has 186 valence electrons. The molecule has 0 saturated carbocycles. The highest BCUT2D eigenvalue weighted by atomic mass is 16.5. The molecule has 1 amide bonds. The van der Waals surface area contributed by atoms with Gasteiger partial charge >= 0.3 is 0 Å². The van der Waals surface area contributed by atoms with Gasteiger partial charge < -0.3 is 24.5 Å². The van der Waals surface area contributed by atoms with Crippen molar-refractivity contribution in [2.45, 2.75) is 39.3 Å². The molecule has 0 bridgehead atoms. The summed E-state index contributed by atoms with van der Waals surface area (Å²) in [6.45, 7) is 8.93. The summed E-state index contributed by atoms with van der Waals surface area (Å²) in [5.74, 6) is -0.561. The van der Waals surface area contributed by atoms with Crippen molar-refractivity contribution >= 4 is 23.1 Å². The van der Waals surface area contributed by atoms with Crippen LogP contribution < -0.4 is 9.64 Å². The quantitative estimate of drug-likeness (QED) is 0.354. The second kappa shape index (κ2) is 10.1. The summed E-state index contributed by atoms with van der Waals surface area (Å²) in [5, 5.41) is 11.4. The lowest BCUT2D eigenvalue weighted by Gasteiger charge is -2.28. The van der Waals surface area contributed by atoms with Crippen molar-refractivity contribution in [2.24, 2.45) is 0 Å². The third-order valence-electron chi connectivity index (χ3n) is 6.99. The molecule has 35 heavy (non-hydrogen) atoms. The van der Waals surface area contributed by atoms with Gasteiger partial charge in [0.1, 0.15) is 17.6 Å². The third kappa shape index (κ3) is 4.78. The second-order valence-corrected chi connectivity index (χ2v) is 9.46. The van der Waals surface area contributed by atoms with Crippen molar-refractivity contribution in [1.82, 2.24) is 9.80 Å². The highest BCUT2D eigenvalue weighted by Gasteiger charge is 2.46. The Kier molecular flexibility index (Phi) is 7.17. The van der Waals surface area contributed by atoms with Gasteiger partial charge in [-0.15, -0.1) is 0 Å². The van der Waals surface area contributed by atoms with E-state index in [1.807, 2.05) is 62.3 Å². The number of ketones is 1. The zero-order chi connectivity index (χ0) is 25.3. The van der Waals surface area contributed by atoms with Crippen LogP contribution in [0.25, 0.3) is 5.76 Å². The van der Waals surface area contributed by atoms with Gasteiger partial charge in [-0.05, 0) is 61.5 Å². The maximum Gasteiger partial charge on any atom is 0.295 e. The van der Waals surface area contributed by atoms with Crippen LogP contribution in [0.3, 0.4) is 0 Å². The predicted molar refractivity (Wildman–Crippen MR) is 138 cm³/mol. The number of amides is 1. The molecule has 2 atom stereocenters. The first-order valence-electron chi connectivity index (χ1n) is 12.3. The Morgan fingerprint density at radius 2 is 1.77 bits per heavy atom. The molecule has 2 aromatic rings. The number of nitrogens with zero attached hydrogens (tertiary/aromatic N) is 3. The highest BCUT2D eigenvalue weighted by molar-refractivity contribution is 6.46. The molecule has 2 aliphatic heterocycles. The van der Waals surface area contributed by atoms with Crippen molar-refractivity contribution < 1.29 is 19.4 Å². The fourth-order valence-corrected chi connectivity index (χ4v) is 4.93. The molecule has 0 aliphatic carbocycles. The normalized spacial score (nSPS) is 20.9. The minimum Gasteiger partial charge on any atom is -0.507 e. The molecule has 2 heterocycles. The van der Waals surface area contributed by atoms with Crippen LogP contribution in [0.15, 0.2) is 48.0 Å². The van der Waals surface area contributed by atoms with E-state index in [0.29, 0.717) is 18.7 Å². The number of benzene rings is 2. The highest BCUT2D eigenvalue weighted by Crippen LogP contribution is 2.40. The first kappa shape index (κ1) is 24.8. The fraction of sp³-hybridized carbons (Fsp3) is 0.429. The Morgan fingerprint density at radius 1 is 1.09 bits per heavy atom. The first-order chi connectivity index (χ1) is 16.7. The van der Waals surface area contributed by atoms with Gasteiger partial charge in [0.25, 0.3) is 11.7 Å². The molecule has 1 fully saturated rings. The number of hydrogen-bond donors (Lipinski definition) is 1. The van der Waals surface area contributed by atoms with Gasteiger partial charge in [-0.25, -0.2) is 0 Å². The Balaban J connectivity index is 1.78. The number of Topliss-reactive ketones (excluding diaryl/α,β-unsaturated/α-hetero) is 1. The number of likely N-dealkylation sites (tertiary alicyclic amines) is 1. The Labute approximate surface area is 207 Å². The van der Waals surface area contributed by atoms with E-state index in [1.165, 1.54) is 0 Å². The number of fused-ring (bicyclic) bond motifs is 1. The maximum absolute atomic E-state index is 13.3. The Hall–Kier alpha value is -3.32. The smallest absolute Gasteiger partial charge is 0.295 e. The van der Waals surface area contributed by atoms with Gasteiger partial charge in [0.05, 0.1) is 11.6 Å². The lowest BCUT2D eigenvalue weighted by molar-refractivity contribution is -0.140. The predicted octanol–water partition coefficient (Wildman–Crippen LogP) is 3.84. The molecule has 7 nitrogen and oxygen atoms in total. The molecule has 1 N–H and O–H groups in total. The number of carbonyl (C=O) groups is 2. The van der Waals surface area contributed by atoms with Gasteiger partial charge in [0, 0.05) is 44.9 Å². The number of rotatable bonds is 8. The summed E-state index contributed by atoms with van der Waals surface area (Å²) in [4.78, 5) is 32.3. The van der Waals surface area contributed by atoms with Crippen LogP contribution in [0.5, 0.6) is 5.75 Å². The summed E-state index contributed by atoms with van der Waals surface area (Å²) in [6.07, 6.45) is 0.813. The molecule has 0 aromatic heterocycles. The fourth-order valence-electron chi connectivity index (χ4n) is 4.93. The molecule has 0 radical (unpaired) electrons. The van der Waals surface area contributed by atoms with Crippen molar-refractivity contribution in [1.29, 1.82) is 0 Å². The van der Waals surface area contributed by atoms with Crippen LogP contribution in [0.2, 0.25) is 0 Å². The number of likely N-dealkylation sites (N-methyl/N-ethyl adjacent to an activating group) is 1. The number of carbonyl (C=O) groups excluding carboxylic acids is 2. The first-order valence-corrected chi connectivity index (χ1v) is 12.3. The van der Waals surface area contributed by atoms with E-state index in [9.17, 15) is 14.7 Å². The van der Waals surface area contributed by atoms with E-state index < -0.39 is 17.7 Å². The topological polar surface area (TPSA) is 73.3 Å². The molecule has 4 rings (SSSR count). The van der Waals surface area contributed by atoms with Crippen molar-refractivity contribution in [3.05, 3.63) is 64.7 Å². The summed E-state index contributed by atoms with van der Waals surface area (Å²) in [6, 6.07) is 12.6. The summed E-state index contributed by atoms with van der Waals surface area (Å²) in [7, 11) is 3.92. The zero-order valence-corrected chi connectivity index (χ0v) is 21.2. The lowest BCUT2D eigenvalue weighted by atomic mass is 9.94. The van der Waals surface area contributed by atoms with Crippen LogP contribution in [0, 0.1) is 0 Å². The monoisotopic (exact) mass is 477 g/mol. The van der Waals surface area contributed by atoms with Crippen LogP contribution in [0.4, 0.5) is 5.69 Å². The molecule has 0 spiro atoms. The maximum atomic E-state index is 13.3. The lowest BCUT2D eigenvalue weighted by Crippen LogP contribution is -2.38.